The van der Waals surface area contributed by atoms with Crippen LogP contribution in [0.2, 0.25) is 0 Å². The van der Waals surface area contributed by atoms with Crippen molar-refractivity contribution in [2.75, 3.05) is 0 Å². The molecule has 0 unspecified atom stereocenters. The lowest BCUT2D eigenvalue weighted by molar-refractivity contribution is 0.566. The van der Waals surface area contributed by atoms with E-state index >= 15 is 0 Å². The summed E-state index contributed by atoms with van der Waals surface area (Å²) in [6.07, 6.45) is 3.84. The monoisotopic (exact) mass is 308 g/mol. The smallest absolute Gasteiger partial charge is 0.165 e. The Morgan fingerprint density at radius 3 is 1.09 bits per heavy atom. The summed E-state index contributed by atoms with van der Waals surface area (Å²) in [6, 6.07) is 0. The van der Waals surface area contributed by atoms with E-state index in [2.05, 4.69) is 39.5 Å². The van der Waals surface area contributed by atoms with Gasteiger partial charge in [-0.1, -0.05) is 51.6 Å². The van der Waals surface area contributed by atoms with Gasteiger partial charge in [0.05, 0.1) is 0 Å². The summed E-state index contributed by atoms with van der Waals surface area (Å²) >= 11 is 0. The van der Waals surface area contributed by atoms with Crippen molar-refractivity contribution in [1.82, 2.24) is 0 Å². The molecule has 0 aliphatic carbocycles. The Morgan fingerprint density at radius 1 is 0.591 bits per heavy atom. The standard InChI is InChI=1S/C18H16F4/c1-7-15(19)17(21)13(5)11(3)9-10-12(4)14(6)18(22)16(20)8-2/h7-10H,1-6H2/b10-9-,17-15-,18-16-. The Hall–Kier alpha value is -2.62. The summed E-state index contributed by atoms with van der Waals surface area (Å²) < 4.78 is 53.0. The zero-order chi connectivity index (χ0) is 17.4. The van der Waals surface area contributed by atoms with Crippen LogP contribution < -0.4 is 0 Å². The summed E-state index contributed by atoms with van der Waals surface area (Å²) in [7, 11) is 0. The molecular weight excluding hydrogens is 292 g/mol. The molecule has 0 bridgehead atoms. The second kappa shape index (κ2) is 8.62. The van der Waals surface area contributed by atoms with Crippen LogP contribution in [0.15, 0.2) is 109 Å². The molecule has 0 saturated heterocycles. The lowest BCUT2D eigenvalue weighted by Crippen LogP contribution is -1.90. The minimum atomic E-state index is -1.21. The maximum absolute atomic E-state index is 13.5. The van der Waals surface area contributed by atoms with Crippen molar-refractivity contribution in [1.29, 1.82) is 0 Å². The number of allylic oxidation sites excluding steroid dienone is 12. The van der Waals surface area contributed by atoms with E-state index < -0.39 is 23.3 Å². The summed E-state index contributed by atoms with van der Waals surface area (Å²) in [5, 5.41) is 0. The molecule has 0 fully saturated rings. The van der Waals surface area contributed by atoms with Crippen molar-refractivity contribution in [3.8, 4) is 0 Å². The third kappa shape index (κ3) is 5.05. The van der Waals surface area contributed by atoms with Gasteiger partial charge < -0.3 is 0 Å². The molecule has 0 aliphatic heterocycles. The summed E-state index contributed by atoms with van der Waals surface area (Å²) in [6.45, 7) is 19.8. The van der Waals surface area contributed by atoms with Gasteiger partial charge in [-0.3, -0.25) is 0 Å². The van der Waals surface area contributed by atoms with Gasteiger partial charge in [-0.15, -0.1) is 0 Å². The van der Waals surface area contributed by atoms with E-state index in [-0.39, 0.29) is 22.3 Å². The molecule has 0 N–H and O–H groups in total. The molecule has 0 amide bonds. The number of hydrogen-bond acceptors (Lipinski definition) is 0. The first-order valence-corrected chi connectivity index (χ1v) is 5.97. The third-order valence-corrected chi connectivity index (χ3v) is 2.57. The van der Waals surface area contributed by atoms with Crippen molar-refractivity contribution in [3.05, 3.63) is 109 Å². The molecule has 0 aromatic rings. The molecule has 0 heterocycles. The van der Waals surface area contributed by atoms with E-state index in [4.69, 9.17) is 0 Å². The van der Waals surface area contributed by atoms with Crippen LogP contribution in [0.25, 0.3) is 0 Å². The molecule has 0 aromatic heterocycles. The van der Waals surface area contributed by atoms with E-state index in [0.717, 1.165) is 0 Å². The fourth-order valence-corrected chi connectivity index (χ4v) is 1.15. The molecule has 0 aliphatic rings. The number of hydrogen-bond donors (Lipinski definition) is 0. The Bertz CT molecular complexity index is 584. The molecule has 4 heteroatoms. The van der Waals surface area contributed by atoms with Gasteiger partial charge in [0.2, 0.25) is 0 Å². The van der Waals surface area contributed by atoms with E-state index in [0.29, 0.717) is 12.2 Å². The van der Waals surface area contributed by atoms with Crippen LogP contribution in [0.4, 0.5) is 17.6 Å². The van der Waals surface area contributed by atoms with Crippen molar-refractivity contribution in [3.63, 3.8) is 0 Å². The molecule has 0 rings (SSSR count). The first-order chi connectivity index (χ1) is 10.2. The maximum atomic E-state index is 13.5. The first kappa shape index (κ1) is 19.4. The quantitative estimate of drug-likeness (QED) is 0.357. The highest BCUT2D eigenvalue weighted by Crippen LogP contribution is 2.26. The van der Waals surface area contributed by atoms with Crippen LogP contribution in [0.5, 0.6) is 0 Å². The zero-order valence-electron chi connectivity index (χ0n) is 12.1. The highest BCUT2D eigenvalue weighted by molar-refractivity contribution is 5.53. The predicted molar refractivity (Wildman–Crippen MR) is 84.6 cm³/mol. The lowest BCUT2D eigenvalue weighted by Gasteiger charge is -2.05. The molecule has 0 saturated carbocycles. The minimum Gasteiger partial charge on any atom is -0.204 e. The van der Waals surface area contributed by atoms with E-state index in [1.54, 1.807) is 0 Å². The van der Waals surface area contributed by atoms with Gasteiger partial charge in [0, 0.05) is 11.1 Å². The second-order valence-electron chi connectivity index (χ2n) is 4.07. The van der Waals surface area contributed by atoms with Crippen molar-refractivity contribution >= 4 is 0 Å². The van der Waals surface area contributed by atoms with E-state index in [9.17, 15) is 17.6 Å². The van der Waals surface area contributed by atoms with Crippen LogP contribution in [-0.2, 0) is 0 Å². The summed E-state index contributed by atoms with van der Waals surface area (Å²) in [5.41, 5.74) is -0.560. The Balaban J connectivity index is 5.16. The number of rotatable bonds is 8. The van der Waals surface area contributed by atoms with Gasteiger partial charge >= 0.3 is 0 Å². The van der Waals surface area contributed by atoms with Gasteiger partial charge in [-0.2, -0.15) is 0 Å². The molecule has 116 valence electrons. The van der Waals surface area contributed by atoms with Crippen molar-refractivity contribution in [2.45, 2.75) is 0 Å². The minimum absolute atomic E-state index is 0.0250. The molecule has 0 spiro atoms. The Morgan fingerprint density at radius 2 is 0.864 bits per heavy atom. The number of halogens is 4. The molecule has 0 nitrogen and oxygen atoms in total. The fraction of sp³-hybridized carbons (Fsp3) is 0. The Kier molecular flexibility index (Phi) is 7.59. The van der Waals surface area contributed by atoms with Crippen LogP contribution in [-0.4, -0.2) is 0 Å². The third-order valence-electron chi connectivity index (χ3n) is 2.57. The second-order valence-corrected chi connectivity index (χ2v) is 4.07. The van der Waals surface area contributed by atoms with Gasteiger partial charge in [0.1, 0.15) is 0 Å². The molecule has 0 aromatic carbocycles. The van der Waals surface area contributed by atoms with Crippen molar-refractivity contribution in [2.24, 2.45) is 0 Å². The van der Waals surface area contributed by atoms with E-state index in [1.807, 2.05) is 0 Å². The van der Waals surface area contributed by atoms with Crippen LogP contribution in [0.1, 0.15) is 0 Å². The van der Waals surface area contributed by atoms with Crippen LogP contribution in [0, 0.1) is 0 Å². The Labute approximate surface area is 127 Å². The summed E-state index contributed by atoms with van der Waals surface area (Å²) in [5.74, 6) is -4.77. The topological polar surface area (TPSA) is 0 Å². The van der Waals surface area contributed by atoms with Crippen molar-refractivity contribution < 1.29 is 17.6 Å². The van der Waals surface area contributed by atoms with Gasteiger partial charge in [0.15, 0.2) is 23.3 Å². The zero-order valence-corrected chi connectivity index (χ0v) is 12.1. The molecule has 0 radical (unpaired) electrons. The van der Waals surface area contributed by atoms with Gasteiger partial charge in [-0.05, 0) is 23.3 Å². The highest BCUT2D eigenvalue weighted by atomic mass is 19.2. The molecule has 22 heavy (non-hydrogen) atoms. The van der Waals surface area contributed by atoms with Crippen LogP contribution in [0.3, 0.4) is 0 Å². The average Bonchev–Trinajstić information content (AvgIpc) is 2.54. The predicted octanol–water partition coefficient (Wildman–Crippen LogP) is 6.44. The lowest BCUT2D eigenvalue weighted by atomic mass is 10.0. The van der Waals surface area contributed by atoms with Crippen LogP contribution >= 0.6 is 0 Å². The SMILES string of the molecule is C=C/C(F)=C(/F)C(=C)C(=C)/C=C\C(=C)C(=C)/C(F)=C(/F)C=C. The van der Waals surface area contributed by atoms with Gasteiger partial charge in [-0.25, -0.2) is 17.6 Å². The average molecular weight is 308 g/mol. The highest BCUT2D eigenvalue weighted by Gasteiger charge is 2.11. The summed E-state index contributed by atoms with van der Waals surface area (Å²) in [4.78, 5) is 0. The molecular formula is C18H16F4. The maximum Gasteiger partial charge on any atom is 0.165 e. The largest absolute Gasteiger partial charge is 0.204 e. The fourth-order valence-electron chi connectivity index (χ4n) is 1.15. The van der Waals surface area contributed by atoms with Gasteiger partial charge in [0.25, 0.3) is 0 Å². The first-order valence-electron chi connectivity index (χ1n) is 5.97. The molecule has 0 atom stereocenters. The normalized spacial score (nSPS) is 13.1. The van der Waals surface area contributed by atoms with E-state index in [1.165, 1.54) is 12.2 Å².